The third-order valence-corrected chi connectivity index (χ3v) is 7.70. The van der Waals surface area contributed by atoms with E-state index < -0.39 is 0 Å². The molecule has 2 N–H and O–H groups in total. The lowest BCUT2D eigenvalue weighted by atomic mass is 9.98. The molecule has 4 aromatic rings. The summed E-state index contributed by atoms with van der Waals surface area (Å²) >= 11 is 6.76. The van der Waals surface area contributed by atoms with Crippen molar-refractivity contribution in [1.82, 2.24) is 29.6 Å². The molecule has 3 atom stereocenters. The molecule has 9 heteroatoms. The molecule has 2 aliphatic rings. The number of fused-ring (bicyclic) bond motifs is 4. The summed E-state index contributed by atoms with van der Waals surface area (Å²) in [5.74, 6) is 0.756. The first kappa shape index (κ1) is 19.8. The fourth-order valence-corrected chi connectivity index (χ4v) is 6.03. The van der Waals surface area contributed by atoms with Crippen LogP contribution in [0.5, 0.6) is 0 Å². The third-order valence-electron chi connectivity index (χ3n) is 7.29. The molecule has 0 spiro atoms. The zero-order valence-electron chi connectivity index (χ0n) is 18.4. The van der Waals surface area contributed by atoms with Gasteiger partial charge in [0, 0.05) is 61.1 Å². The lowest BCUT2D eigenvalue weighted by molar-refractivity contribution is 0.367. The molecule has 6 rings (SSSR count). The van der Waals surface area contributed by atoms with Gasteiger partial charge in [0.1, 0.15) is 5.65 Å². The van der Waals surface area contributed by atoms with Gasteiger partial charge in [-0.2, -0.15) is 10.1 Å². The molecule has 1 aromatic carbocycles. The van der Waals surface area contributed by atoms with Crippen molar-refractivity contribution in [1.29, 1.82) is 0 Å². The molecule has 32 heavy (non-hydrogen) atoms. The van der Waals surface area contributed by atoms with E-state index in [0.29, 0.717) is 34.2 Å². The second-order valence-electron chi connectivity index (χ2n) is 9.11. The van der Waals surface area contributed by atoms with Crippen molar-refractivity contribution in [3.63, 3.8) is 0 Å². The number of hydrogen-bond donors (Lipinski definition) is 2. The first-order chi connectivity index (χ1) is 15.5. The molecular weight excluding hydrogens is 426 g/mol. The van der Waals surface area contributed by atoms with Crippen LogP contribution >= 0.6 is 11.6 Å². The minimum atomic E-state index is -0.0567. The second-order valence-corrected chi connectivity index (χ2v) is 9.49. The molecule has 166 valence electrons. The van der Waals surface area contributed by atoms with Crippen molar-refractivity contribution in [3.8, 4) is 11.1 Å². The van der Waals surface area contributed by atoms with Crippen LogP contribution in [0.15, 0.2) is 29.3 Å². The molecule has 0 amide bonds. The molecule has 1 unspecified atom stereocenters. The van der Waals surface area contributed by atoms with Gasteiger partial charge in [0.15, 0.2) is 0 Å². The number of nitrogens with one attached hydrogen (secondary N) is 2. The molecule has 8 nitrogen and oxygen atoms in total. The predicted molar refractivity (Wildman–Crippen MR) is 127 cm³/mol. The van der Waals surface area contributed by atoms with Crippen molar-refractivity contribution >= 4 is 39.5 Å². The summed E-state index contributed by atoms with van der Waals surface area (Å²) in [6.45, 7) is 0. The fraction of sp³-hybridized carbons (Fsp3) is 0.435. The highest BCUT2D eigenvalue weighted by molar-refractivity contribution is 6.38. The van der Waals surface area contributed by atoms with Crippen molar-refractivity contribution in [3.05, 3.63) is 39.9 Å². The maximum absolute atomic E-state index is 13.6. The van der Waals surface area contributed by atoms with Crippen molar-refractivity contribution in [2.75, 3.05) is 11.9 Å². The van der Waals surface area contributed by atoms with Crippen LogP contribution in [0, 0.1) is 0 Å². The maximum Gasteiger partial charge on any atom is 0.264 e. The Morgan fingerprint density at radius 2 is 1.91 bits per heavy atom. The molecule has 5 heterocycles. The van der Waals surface area contributed by atoms with Gasteiger partial charge in [-0.05, 0) is 38.8 Å². The van der Waals surface area contributed by atoms with Gasteiger partial charge in [-0.3, -0.25) is 14.0 Å². The normalized spacial score (nSPS) is 23.0. The minimum Gasteiger partial charge on any atom is -0.345 e. The summed E-state index contributed by atoms with van der Waals surface area (Å²) in [7, 11) is 5.74. The highest BCUT2D eigenvalue weighted by atomic mass is 35.5. The van der Waals surface area contributed by atoms with Crippen LogP contribution < -0.4 is 15.8 Å². The summed E-state index contributed by atoms with van der Waals surface area (Å²) in [4.78, 5) is 24.2. The van der Waals surface area contributed by atoms with Crippen molar-refractivity contribution < 1.29 is 0 Å². The van der Waals surface area contributed by atoms with E-state index in [1.165, 1.54) is 0 Å². The molecule has 3 aromatic heterocycles. The summed E-state index contributed by atoms with van der Waals surface area (Å²) in [5.41, 5.74) is 2.96. The SMILES string of the molecule is CNC1C[C@H]2CC[C@@H](C1)N2c1nc2[nH]cc(-c3ccc4nn(C)cc4c3Cl)c2c(=O)n1C. The number of aromatic amines is 1. The highest BCUT2D eigenvalue weighted by Crippen LogP contribution is 2.40. The van der Waals surface area contributed by atoms with Gasteiger partial charge >= 0.3 is 0 Å². The average molecular weight is 452 g/mol. The Morgan fingerprint density at radius 1 is 1.16 bits per heavy atom. The van der Waals surface area contributed by atoms with E-state index in [9.17, 15) is 4.79 Å². The maximum atomic E-state index is 13.6. The number of benzene rings is 1. The van der Waals surface area contributed by atoms with E-state index in [1.54, 1.807) is 9.25 Å². The Balaban J connectivity index is 1.49. The topological polar surface area (TPSA) is 83.8 Å². The van der Waals surface area contributed by atoms with Crippen LogP contribution in [-0.4, -0.2) is 49.5 Å². The van der Waals surface area contributed by atoms with Crippen LogP contribution in [0.1, 0.15) is 25.7 Å². The Labute approximate surface area is 190 Å². The van der Waals surface area contributed by atoms with Gasteiger partial charge in [-0.15, -0.1) is 0 Å². The number of hydrogen-bond acceptors (Lipinski definition) is 5. The van der Waals surface area contributed by atoms with Crippen molar-refractivity contribution in [2.45, 2.75) is 43.8 Å². The Hall–Kier alpha value is -2.84. The van der Waals surface area contributed by atoms with E-state index >= 15 is 0 Å². The summed E-state index contributed by atoms with van der Waals surface area (Å²) in [6, 6.07) is 5.23. The monoisotopic (exact) mass is 451 g/mol. The van der Waals surface area contributed by atoms with Crippen LogP contribution in [0.2, 0.25) is 5.02 Å². The lowest BCUT2D eigenvalue weighted by Gasteiger charge is -2.40. The second kappa shape index (κ2) is 7.08. The Morgan fingerprint density at radius 3 is 2.62 bits per heavy atom. The summed E-state index contributed by atoms with van der Waals surface area (Å²) < 4.78 is 3.45. The Kier molecular flexibility index (Phi) is 4.39. The standard InChI is InChI=1S/C23H26ClN7O/c1-25-12-8-13-4-5-14(9-12)31(13)23-27-21-19(22(32)30(23)3)16(10-26-21)15-6-7-18-17(20(15)24)11-29(2)28-18/h6-7,10-14,25-26H,4-5,8-9H2,1-3H3/t12?,13-,14+. The zero-order valence-corrected chi connectivity index (χ0v) is 19.1. The average Bonchev–Trinajstić information content (AvgIpc) is 3.44. The van der Waals surface area contributed by atoms with E-state index in [0.717, 1.165) is 53.7 Å². The molecule has 2 saturated heterocycles. The van der Waals surface area contributed by atoms with E-state index in [1.807, 2.05) is 45.7 Å². The molecule has 0 saturated carbocycles. The molecule has 2 bridgehead atoms. The predicted octanol–water partition coefficient (Wildman–Crippen LogP) is 3.19. The smallest absolute Gasteiger partial charge is 0.264 e. The number of anilines is 1. The third kappa shape index (κ3) is 2.75. The summed E-state index contributed by atoms with van der Waals surface area (Å²) in [5, 5.41) is 9.88. The van der Waals surface area contributed by atoms with Crippen LogP contribution in [0.3, 0.4) is 0 Å². The first-order valence-electron chi connectivity index (χ1n) is 11.1. The number of halogens is 1. The van der Waals surface area contributed by atoms with Gasteiger partial charge in [0.2, 0.25) is 5.95 Å². The zero-order chi connectivity index (χ0) is 22.1. The molecule has 0 aliphatic carbocycles. The van der Waals surface area contributed by atoms with Crippen LogP contribution in [0.4, 0.5) is 5.95 Å². The van der Waals surface area contributed by atoms with Gasteiger partial charge in [-0.1, -0.05) is 17.7 Å². The quantitative estimate of drug-likeness (QED) is 0.499. The highest BCUT2D eigenvalue weighted by Gasteiger charge is 2.42. The number of piperidine rings is 1. The van der Waals surface area contributed by atoms with Gasteiger partial charge < -0.3 is 15.2 Å². The van der Waals surface area contributed by atoms with E-state index in [4.69, 9.17) is 16.6 Å². The number of H-pyrrole nitrogens is 1. The number of nitrogens with zero attached hydrogens (tertiary/aromatic N) is 5. The van der Waals surface area contributed by atoms with E-state index in [2.05, 4.69) is 20.3 Å². The van der Waals surface area contributed by atoms with Crippen LogP contribution in [-0.2, 0) is 14.1 Å². The summed E-state index contributed by atoms with van der Waals surface area (Å²) in [6.07, 6.45) is 8.19. The molecule has 2 fully saturated rings. The van der Waals surface area contributed by atoms with Gasteiger partial charge in [-0.25, -0.2) is 0 Å². The molecule has 0 radical (unpaired) electrons. The van der Waals surface area contributed by atoms with E-state index in [-0.39, 0.29) is 5.56 Å². The number of aromatic nitrogens is 5. The largest absolute Gasteiger partial charge is 0.345 e. The van der Waals surface area contributed by atoms with Crippen LogP contribution in [0.25, 0.3) is 33.1 Å². The molecule has 2 aliphatic heterocycles. The number of rotatable bonds is 3. The Bertz CT molecular complexity index is 1400. The van der Waals surface area contributed by atoms with Gasteiger partial charge in [0.25, 0.3) is 5.56 Å². The fourth-order valence-electron chi connectivity index (χ4n) is 5.72. The molecular formula is C23H26ClN7O. The lowest BCUT2D eigenvalue weighted by Crippen LogP contribution is -2.50. The number of aryl methyl sites for hydroxylation is 1. The minimum absolute atomic E-state index is 0.0567. The van der Waals surface area contributed by atoms with Gasteiger partial charge in [0.05, 0.1) is 15.9 Å². The van der Waals surface area contributed by atoms with Crippen molar-refractivity contribution in [2.24, 2.45) is 14.1 Å². The first-order valence-corrected chi connectivity index (χ1v) is 11.5.